The predicted octanol–water partition coefficient (Wildman–Crippen LogP) is 0.0882. The fraction of sp³-hybridized carbons (Fsp3) is 0.455. The number of fused-ring (bicyclic) bond motifs is 1. The molecule has 2 aromatic heterocycles. The second-order valence-corrected chi connectivity index (χ2v) is 3.97. The van der Waals surface area contributed by atoms with Crippen molar-refractivity contribution in [3.05, 3.63) is 18.6 Å². The van der Waals surface area contributed by atoms with E-state index < -0.39 is 0 Å². The first-order valence-corrected chi connectivity index (χ1v) is 5.84. The minimum Gasteiger partial charge on any atom is -0.382 e. The van der Waals surface area contributed by atoms with Gasteiger partial charge in [-0.1, -0.05) is 0 Å². The minimum atomic E-state index is -0.0590. The summed E-state index contributed by atoms with van der Waals surface area (Å²) in [5.41, 5.74) is 3.25. The summed E-state index contributed by atoms with van der Waals surface area (Å²) in [6.45, 7) is 1.07. The molecule has 1 atom stereocenters. The molecule has 0 saturated heterocycles. The van der Waals surface area contributed by atoms with E-state index in [4.69, 9.17) is 15.3 Å². The number of ether oxygens (including phenoxy) is 2. The molecule has 0 spiro atoms. The highest BCUT2D eigenvalue weighted by molar-refractivity contribution is 5.65. The van der Waals surface area contributed by atoms with Gasteiger partial charge in [0.2, 0.25) is 0 Å². The summed E-state index contributed by atoms with van der Waals surface area (Å²) in [5.74, 6) is 6.58. The van der Waals surface area contributed by atoms with Crippen LogP contribution in [0.2, 0.25) is 0 Å². The lowest BCUT2D eigenvalue weighted by Gasteiger charge is -2.16. The first-order valence-electron chi connectivity index (χ1n) is 5.84. The van der Waals surface area contributed by atoms with E-state index in [1.54, 1.807) is 26.6 Å². The molecule has 4 N–H and O–H groups in total. The number of hydrogen-bond acceptors (Lipinski definition) is 7. The molecule has 2 heterocycles. The van der Waals surface area contributed by atoms with Crippen molar-refractivity contribution in [1.29, 1.82) is 0 Å². The van der Waals surface area contributed by atoms with E-state index in [2.05, 4.69) is 20.7 Å². The highest BCUT2D eigenvalue weighted by Gasteiger charge is 2.10. The molecule has 1 unspecified atom stereocenters. The van der Waals surface area contributed by atoms with Gasteiger partial charge in [-0.25, -0.2) is 15.8 Å². The summed E-state index contributed by atoms with van der Waals surface area (Å²) in [6.07, 6.45) is 5.23. The Bertz CT molecular complexity index is 529. The molecule has 0 saturated carbocycles. The average molecular weight is 266 g/mol. The number of nitrogens with one attached hydrogen (secondary N) is 2. The number of hydrogen-bond donors (Lipinski definition) is 3. The van der Waals surface area contributed by atoms with Gasteiger partial charge < -0.3 is 24.6 Å². The maximum Gasteiger partial charge on any atom is 0.180 e. The molecule has 0 aliphatic carbocycles. The van der Waals surface area contributed by atoms with Gasteiger partial charge in [0.25, 0.3) is 0 Å². The number of nitrogens with two attached hydrogens (primary N) is 1. The number of nitrogens with zero attached hydrogens (tertiary/aromatic N) is 3. The van der Waals surface area contributed by atoms with Crippen LogP contribution in [-0.4, -0.2) is 47.8 Å². The van der Waals surface area contributed by atoms with Gasteiger partial charge in [0.05, 0.1) is 18.9 Å². The van der Waals surface area contributed by atoms with Crippen molar-refractivity contribution in [3.63, 3.8) is 0 Å². The number of methoxy groups -OCH3 is 2. The molecule has 8 heteroatoms. The third-order valence-corrected chi connectivity index (χ3v) is 2.71. The van der Waals surface area contributed by atoms with Crippen LogP contribution < -0.4 is 16.6 Å². The molecule has 0 aliphatic heterocycles. The summed E-state index contributed by atoms with van der Waals surface area (Å²) in [5, 5.41) is 3.19. The van der Waals surface area contributed by atoms with E-state index in [-0.39, 0.29) is 6.10 Å². The third kappa shape index (κ3) is 3.11. The Morgan fingerprint density at radius 2 is 2.32 bits per heavy atom. The van der Waals surface area contributed by atoms with Gasteiger partial charge in [0.1, 0.15) is 0 Å². The molecule has 0 aromatic carbocycles. The van der Waals surface area contributed by atoms with Crippen molar-refractivity contribution in [3.8, 4) is 0 Å². The quantitative estimate of drug-likeness (QED) is 0.482. The molecule has 19 heavy (non-hydrogen) atoms. The van der Waals surface area contributed by atoms with Crippen LogP contribution in [0, 0.1) is 0 Å². The molecule has 104 valence electrons. The van der Waals surface area contributed by atoms with Crippen LogP contribution in [0.25, 0.3) is 5.65 Å². The van der Waals surface area contributed by atoms with Crippen LogP contribution in [0.5, 0.6) is 0 Å². The van der Waals surface area contributed by atoms with Crippen molar-refractivity contribution in [1.82, 2.24) is 14.4 Å². The summed E-state index contributed by atoms with van der Waals surface area (Å²) >= 11 is 0. The lowest BCUT2D eigenvalue weighted by atomic mass is 10.3. The summed E-state index contributed by atoms with van der Waals surface area (Å²) in [4.78, 5) is 8.57. The number of hydrazine groups is 1. The van der Waals surface area contributed by atoms with Gasteiger partial charge in [0, 0.05) is 33.2 Å². The number of anilines is 2. The van der Waals surface area contributed by atoms with Crippen LogP contribution in [0.15, 0.2) is 18.6 Å². The third-order valence-electron chi connectivity index (χ3n) is 2.71. The lowest BCUT2D eigenvalue weighted by Crippen LogP contribution is -2.27. The van der Waals surface area contributed by atoms with Crippen LogP contribution in [0.1, 0.15) is 0 Å². The van der Waals surface area contributed by atoms with Crippen molar-refractivity contribution in [2.75, 3.05) is 38.1 Å². The van der Waals surface area contributed by atoms with E-state index in [9.17, 15) is 0 Å². The summed E-state index contributed by atoms with van der Waals surface area (Å²) in [6, 6.07) is 0. The van der Waals surface area contributed by atoms with Gasteiger partial charge >= 0.3 is 0 Å². The Kier molecular flexibility index (Phi) is 4.50. The first kappa shape index (κ1) is 13.5. The number of nitrogen functional groups attached to an aromatic ring is 1. The Morgan fingerprint density at radius 1 is 1.47 bits per heavy atom. The van der Waals surface area contributed by atoms with Crippen LogP contribution in [0.3, 0.4) is 0 Å². The van der Waals surface area contributed by atoms with Crippen molar-refractivity contribution in [2.24, 2.45) is 5.84 Å². The monoisotopic (exact) mass is 266 g/mol. The molecule has 8 nitrogen and oxygen atoms in total. The second kappa shape index (κ2) is 6.32. The van der Waals surface area contributed by atoms with Gasteiger partial charge in [-0.15, -0.1) is 0 Å². The average Bonchev–Trinajstić information content (AvgIpc) is 2.91. The Balaban J connectivity index is 2.16. The maximum atomic E-state index is 5.39. The van der Waals surface area contributed by atoms with Crippen molar-refractivity contribution in [2.45, 2.75) is 6.10 Å². The molecular weight excluding hydrogens is 248 g/mol. The fourth-order valence-electron chi connectivity index (χ4n) is 1.73. The normalized spacial score (nSPS) is 12.6. The topological polar surface area (TPSA) is 98.7 Å². The Morgan fingerprint density at radius 3 is 3.00 bits per heavy atom. The largest absolute Gasteiger partial charge is 0.382 e. The van der Waals surface area contributed by atoms with E-state index >= 15 is 0 Å². The molecule has 0 bridgehead atoms. The number of rotatable bonds is 7. The van der Waals surface area contributed by atoms with Gasteiger partial charge in [0.15, 0.2) is 17.3 Å². The highest BCUT2D eigenvalue weighted by Crippen LogP contribution is 2.15. The zero-order valence-electron chi connectivity index (χ0n) is 11.0. The zero-order valence-corrected chi connectivity index (χ0v) is 11.0. The van der Waals surface area contributed by atoms with E-state index in [1.165, 1.54) is 0 Å². The van der Waals surface area contributed by atoms with Crippen LogP contribution in [-0.2, 0) is 9.47 Å². The molecule has 0 amide bonds. The maximum absolute atomic E-state index is 5.39. The molecule has 0 radical (unpaired) electrons. The molecule has 0 aliphatic rings. The lowest BCUT2D eigenvalue weighted by molar-refractivity contribution is 0.0365. The molecule has 2 aromatic rings. The van der Waals surface area contributed by atoms with E-state index in [0.717, 1.165) is 5.65 Å². The van der Waals surface area contributed by atoms with Crippen molar-refractivity contribution < 1.29 is 9.47 Å². The Hall–Kier alpha value is -1.90. The SMILES string of the molecule is COCC(CNc1nc(NN)cn2ccnc12)OC. The summed E-state index contributed by atoms with van der Waals surface area (Å²) < 4.78 is 12.2. The summed E-state index contributed by atoms with van der Waals surface area (Å²) in [7, 11) is 3.28. The van der Waals surface area contributed by atoms with Crippen LogP contribution in [0.4, 0.5) is 11.6 Å². The minimum absolute atomic E-state index is 0.0590. The Labute approximate surface area is 110 Å². The molecular formula is C11H18N6O2. The van der Waals surface area contributed by atoms with Crippen molar-refractivity contribution >= 4 is 17.3 Å². The second-order valence-electron chi connectivity index (χ2n) is 3.97. The van der Waals surface area contributed by atoms with E-state index in [1.807, 2.05) is 10.6 Å². The highest BCUT2D eigenvalue weighted by atomic mass is 16.5. The predicted molar refractivity (Wildman–Crippen MR) is 72.0 cm³/mol. The standard InChI is InChI=1S/C11H18N6O2/c1-18-7-8(19-2)5-14-10-11-13-3-4-17(11)6-9(15-10)16-12/h3-4,6,8,16H,5,7,12H2,1-2H3,(H,14,15). The first-order chi connectivity index (χ1) is 9.28. The zero-order chi connectivity index (χ0) is 13.7. The van der Waals surface area contributed by atoms with E-state index in [0.29, 0.717) is 24.8 Å². The van der Waals surface area contributed by atoms with Gasteiger partial charge in [-0.05, 0) is 0 Å². The van der Waals surface area contributed by atoms with Crippen LogP contribution >= 0.6 is 0 Å². The van der Waals surface area contributed by atoms with Gasteiger partial charge in [-0.3, -0.25) is 0 Å². The smallest absolute Gasteiger partial charge is 0.180 e. The molecule has 2 rings (SSSR count). The van der Waals surface area contributed by atoms with Gasteiger partial charge in [-0.2, -0.15) is 0 Å². The fourth-order valence-corrected chi connectivity index (χ4v) is 1.73. The molecule has 0 fully saturated rings. The number of imidazole rings is 1. The number of aromatic nitrogens is 3.